The molecule has 1 aromatic heterocycles. The number of thiazole rings is 1. The first kappa shape index (κ1) is 43.3. The van der Waals surface area contributed by atoms with Gasteiger partial charge in [0.05, 0.1) is 5.01 Å². The van der Waals surface area contributed by atoms with Crippen LogP contribution in [0.5, 0.6) is 5.75 Å². The van der Waals surface area contributed by atoms with Crippen LogP contribution < -0.4 is 10.6 Å². The number of esters is 1. The van der Waals surface area contributed by atoms with Crippen LogP contribution in [0, 0.1) is 17.8 Å². The first-order chi connectivity index (χ1) is 25.3. The smallest absolute Gasteiger partial charge is 0.307 e. The van der Waals surface area contributed by atoms with Crippen LogP contribution in [-0.2, 0) is 36.8 Å². The number of aryl methyl sites for hydroxylation is 1. The van der Waals surface area contributed by atoms with Gasteiger partial charge in [-0.2, -0.15) is 0 Å². The second-order valence-corrected chi connectivity index (χ2v) is 15.5. The third kappa shape index (κ3) is 13.4. The molecule has 6 atom stereocenters. The van der Waals surface area contributed by atoms with Crippen LogP contribution in [0.4, 0.5) is 0 Å². The number of carbonyl (C=O) groups excluding carboxylic acids is 5. The average Bonchev–Trinajstić information content (AvgIpc) is 3.61. The van der Waals surface area contributed by atoms with Gasteiger partial charge in [0.2, 0.25) is 11.8 Å². The minimum Gasteiger partial charge on any atom is -0.508 e. The van der Waals surface area contributed by atoms with E-state index in [1.807, 2.05) is 58.7 Å². The number of aromatic nitrogens is 1. The van der Waals surface area contributed by atoms with Gasteiger partial charge < -0.3 is 30.2 Å². The van der Waals surface area contributed by atoms with E-state index in [0.29, 0.717) is 43.5 Å². The van der Waals surface area contributed by atoms with Crippen molar-refractivity contribution in [3.05, 3.63) is 58.1 Å². The molecule has 3 N–H and O–H groups in total. The summed E-state index contributed by atoms with van der Waals surface area (Å²) < 4.78 is 5.64. The third-order valence-corrected chi connectivity index (χ3v) is 10.7. The number of aldehydes is 1. The molecule has 1 aliphatic heterocycles. The van der Waals surface area contributed by atoms with E-state index in [0.717, 1.165) is 24.8 Å². The first-order valence-corrected chi connectivity index (χ1v) is 19.8. The number of hydrogen-bond donors (Lipinski definition) is 3. The summed E-state index contributed by atoms with van der Waals surface area (Å²) in [5.74, 6) is -1.62. The highest BCUT2D eigenvalue weighted by Crippen LogP contribution is 2.24. The van der Waals surface area contributed by atoms with Crippen LogP contribution in [0.2, 0.25) is 0 Å². The highest BCUT2D eigenvalue weighted by Gasteiger charge is 2.37. The Balaban J connectivity index is 1.80. The third-order valence-electron chi connectivity index (χ3n) is 9.84. The fourth-order valence-corrected chi connectivity index (χ4v) is 7.24. The molecule has 2 heterocycles. The molecule has 0 fully saturated rings. The minimum absolute atomic E-state index is 0.0345. The predicted molar refractivity (Wildman–Crippen MR) is 206 cm³/mol. The van der Waals surface area contributed by atoms with E-state index in [1.165, 1.54) is 11.3 Å². The van der Waals surface area contributed by atoms with Crippen molar-refractivity contribution >= 4 is 41.3 Å². The van der Waals surface area contributed by atoms with Crippen molar-refractivity contribution in [1.82, 2.24) is 25.4 Å². The van der Waals surface area contributed by atoms with E-state index in [-0.39, 0.29) is 72.2 Å². The lowest BCUT2D eigenvalue weighted by Crippen LogP contribution is -2.58. The zero-order valence-electron chi connectivity index (χ0n) is 32.4. The Bertz CT molecular complexity index is 1530. The van der Waals surface area contributed by atoms with E-state index < -0.39 is 18.1 Å². The maximum atomic E-state index is 14.5. The highest BCUT2D eigenvalue weighted by molar-refractivity contribution is 7.09. The van der Waals surface area contributed by atoms with E-state index >= 15 is 0 Å². The molecule has 1 unspecified atom stereocenters. The molecule has 0 radical (unpaired) electrons. The number of rotatable bonds is 21. The maximum absolute atomic E-state index is 14.5. The molecule has 53 heavy (non-hydrogen) atoms. The van der Waals surface area contributed by atoms with Gasteiger partial charge in [0.15, 0.2) is 6.73 Å². The summed E-state index contributed by atoms with van der Waals surface area (Å²) in [6, 6.07) is 4.76. The number of nitrogens with one attached hydrogen (secondary N) is 2. The molecule has 2 aromatic rings. The first-order valence-electron chi connectivity index (χ1n) is 18.9. The van der Waals surface area contributed by atoms with Crippen molar-refractivity contribution in [2.24, 2.45) is 17.8 Å². The lowest BCUT2D eigenvalue weighted by atomic mass is 9.93. The number of ether oxygens (including phenoxy) is 1. The molecule has 3 amide bonds. The molecule has 0 spiro atoms. The molecule has 292 valence electrons. The van der Waals surface area contributed by atoms with Crippen LogP contribution in [0.3, 0.4) is 0 Å². The van der Waals surface area contributed by atoms with Gasteiger partial charge in [-0.25, -0.2) is 4.98 Å². The Morgan fingerprint density at radius 1 is 1.11 bits per heavy atom. The molecule has 1 aliphatic rings. The summed E-state index contributed by atoms with van der Waals surface area (Å²) in [6.45, 7) is 12.1. The van der Waals surface area contributed by atoms with Crippen LogP contribution in [0.25, 0.3) is 0 Å². The predicted octanol–water partition coefficient (Wildman–Crippen LogP) is 5.29. The molecule has 0 bridgehead atoms. The van der Waals surface area contributed by atoms with Crippen molar-refractivity contribution in [2.45, 2.75) is 117 Å². The normalized spacial score (nSPS) is 17.3. The van der Waals surface area contributed by atoms with Crippen LogP contribution in [0.15, 0.2) is 41.8 Å². The zero-order valence-corrected chi connectivity index (χ0v) is 33.2. The second-order valence-electron chi connectivity index (χ2n) is 14.6. The average molecular weight is 754 g/mol. The lowest BCUT2D eigenvalue weighted by molar-refractivity contribution is -0.158. The molecule has 0 saturated heterocycles. The maximum Gasteiger partial charge on any atom is 0.307 e. The van der Waals surface area contributed by atoms with Gasteiger partial charge >= 0.3 is 5.97 Å². The fourth-order valence-electron chi connectivity index (χ4n) is 6.44. The molecule has 12 nitrogen and oxygen atoms in total. The number of benzene rings is 1. The molecule has 0 saturated carbocycles. The van der Waals surface area contributed by atoms with E-state index in [9.17, 15) is 29.1 Å². The Kier molecular flexibility index (Phi) is 17.6. The van der Waals surface area contributed by atoms with E-state index in [2.05, 4.69) is 15.6 Å². The Morgan fingerprint density at radius 3 is 2.45 bits per heavy atom. The SMILES string of the molecule is CCCC(=O)OCN(C(=O)[C@@H](NC(=O)[C@H]1C=CCCN1C)C(C)CC)[C@H](CCc1nc(C(=O)N[C@@H](Cc2ccc(O)cc2)C[C@H](C)C=O)cs1)C(C)C. The Labute approximate surface area is 318 Å². The summed E-state index contributed by atoms with van der Waals surface area (Å²) in [7, 11) is 1.89. The number of likely N-dealkylation sites (N-methyl/N-ethyl adjacent to an activating group) is 1. The summed E-state index contributed by atoms with van der Waals surface area (Å²) >= 11 is 1.35. The summed E-state index contributed by atoms with van der Waals surface area (Å²) in [4.78, 5) is 73.6. The highest BCUT2D eigenvalue weighted by atomic mass is 32.1. The Morgan fingerprint density at radius 2 is 1.83 bits per heavy atom. The largest absolute Gasteiger partial charge is 0.508 e. The summed E-state index contributed by atoms with van der Waals surface area (Å²) in [5, 5.41) is 18.2. The molecular formula is C40H59N5O7S. The number of nitrogens with zero attached hydrogens (tertiary/aromatic N) is 3. The molecule has 1 aromatic carbocycles. The van der Waals surface area contributed by atoms with Crippen molar-refractivity contribution in [2.75, 3.05) is 20.3 Å². The van der Waals surface area contributed by atoms with Gasteiger partial charge in [-0.3, -0.25) is 24.1 Å². The van der Waals surface area contributed by atoms with Gasteiger partial charge in [-0.15, -0.1) is 11.3 Å². The zero-order chi connectivity index (χ0) is 39.1. The van der Waals surface area contributed by atoms with Crippen LogP contribution in [0.1, 0.15) is 101 Å². The molecule has 0 aliphatic carbocycles. The lowest BCUT2D eigenvalue weighted by Gasteiger charge is -2.38. The van der Waals surface area contributed by atoms with Crippen molar-refractivity contribution in [3.8, 4) is 5.75 Å². The number of amides is 3. The number of aromatic hydroxyl groups is 1. The van der Waals surface area contributed by atoms with Crippen molar-refractivity contribution in [3.63, 3.8) is 0 Å². The molecular weight excluding hydrogens is 695 g/mol. The van der Waals surface area contributed by atoms with Crippen LogP contribution >= 0.6 is 11.3 Å². The van der Waals surface area contributed by atoms with E-state index in [1.54, 1.807) is 41.5 Å². The standard InChI is InChI=1S/C40H59N5O7S/c1-8-12-36(48)52-25-45(40(51)37(28(6)9-2)43-39(50)34-13-10-11-20-44(34)7)33(26(3)4)18-19-35-42-32(24-53-35)38(49)41-30(21-27(5)23-46)22-29-14-16-31(47)17-15-29/h10,13-17,23-24,26-28,30,33-34,37,47H,8-9,11-12,18-22,25H2,1-7H3,(H,41,49)(H,43,50)/t27-,28?,30+,33+,34+,37-/m0/s1. The summed E-state index contributed by atoms with van der Waals surface area (Å²) in [5.41, 5.74) is 1.18. The minimum atomic E-state index is -0.825. The topological polar surface area (TPSA) is 158 Å². The molecule has 13 heteroatoms. The number of phenolic OH excluding ortho intramolecular Hbond substituents is 1. The van der Waals surface area contributed by atoms with Gasteiger partial charge in [-0.05, 0) is 68.7 Å². The molecule has 3 rings (SSSR count). The van der Waals surface area contributed by atoms with Gasteiger partial charge in [0, 0.05) is 42.8 Å². The monoisotopic (exact) mass is 753 g/mol. The fraction of sp³-hybridized carbons (Fsp3) is 0.600. The van der Waals surface area contributed by atoms with Crippen LogP contribution in [-0.4, -0.2) is 94.4 Å². The van der Waals surface area contributed by atoms with E-state index in [4.69, 9.17) is 4.74 Å². The number of phenols is 1. The van der Waals surface area contributed by atoms with Crippen molar-refractivity contribution < 1.29 is 33.8 Å². The van der Waals surface area contributed by atoms with Gasteiger partial charge in [0.25, 0.3) is 5.91 Å². The quantitative estimate of drug-likeness (QED) is 0.0667. The Hall–Kier alpha value is -4.10. The van der Waals surface area contributed by atoms with Crippen molar-refractivity contribution in [1.29, 1.82) is 0 Å². The second kappa shape index (κ2) is 21.6. The van der Waals surface area contributed by atoms with Gasteiger partial charge in [0.1, 0.15) is 29.8 Å². The number of carbonyl (C=O) groups is 5. The summed E-state index contributed by atoms with van der Waals surface area (Å²) in [6.07, 6.45) is 8.94. The number of hydrogen-bond acceptors (Lipinski definition) is 10. The van der Waals surface area contributed by atoms with Gasteiger partial charge in [-0.1, -0.05) is 72.2 Å².